The van der Waals surface area contributed by atoms with Crippen LogP contribution in [0.3, 0.4) is 0 Å². The zero-order valence-electron chi connectivity index (χ0n) is 17.0. The van der Waals surface area contributed by atoms with Gasteiger partial charge in [-0.3, -0.25) is 9.59 Å². The molecule has 3 aromatic carbocycles. The third kappa shape index (κ3) is 4.76. The fourth-order valence-electron chi connectivity index (χ4n) is 3.31. The van der Waals surface area contributed by atoms with Crippen LogP contribution in [0.2, 0.25) is 5.02 Å². The highest BCUT2D eigenvalue weighted by Crippen LogP contribution is 2.30. The molecular weight excluding hydrogens is 452 g/mol. The quantitative estimate of drug-likeness (QED) is 0.588. The van der Waals surface area contributed by atoms with Crippen LogP contribution in [0.1, 0.15) is 15.9 Å². The molecule has 1 aliphatic rings. The highest BCUT2D eigenvalue weighted by atomic mass is 35.5. The number of halogens is 1. The molecule has 0 fully saturated rings. The maximum atomic E-state index is 12.6. The maximum absolute atomic E-state index is 12.6. The van der Waals surface area contributed by atoms with Crippen molar-refractivity contribution in [3.05, 3.63) is 82.9 Å². The van der Waals surface area contributed by atoms with Crippen molar-refractivity contribution < 1.29 is 22.7 Å². The van der Waals surface area contributed by atoms with E-state index in [1.807, 2.05) is 24.3 Å². The summed E-state index contributed by atoms with van der Waals surface area (Å²) in [6.45, 7) is 0. The first-order valence-electron chi connectivity index (χ1n) is 9.67. The molecule has 7 nitrogen and oxygen atoms in total. The normalized spacial score (nSPS) is 14.9. The largest absolute Gasteiger partial charge is 0.480 e. The molecule has 2 amide bonds. The van der Waals surface area contributed by atoms with E-state index in [2.05, 4.69) is 10.6 Å². The van der Waals surface area contributed by atoms with E-state index in [0.29, 0.717) is 23.5 Å². The van der Waals surface area contributed by atoms with Gasteiger partial charge in [-0.25, -0.2) is 8.42 Å². The molecule has 2 N–H and O–H groups in total. The number of carbonyl (C=O) groups is 2. The Balaban J connectivity index is 1.43. The standard InChI is InChI=1S/C23H19ClN2O5S/c1-32(29,30)17-7-4-6-15(11-17)22(27)26-19-10-9-16(13-18(19)24)25-23(28)21-12-14-5-2-3-8-20(14)31-21/h2-11,13,21H,12H2,1H3,(H,25,28)(H,26,27)/t21-/m0/s1. The summed E-state index contributed by atoms with van der Waals surface area (Å²) < 4.78 is 29.1. The van der Waals surface area contributed by atoms with Gasteiger partial charge in [-0.1, -0.05) is 35.9 Å². The van der Waals surface area contributed by atoms with Crippen LogP contribution >= 0.6 is 11.6 Å². The van der Waals surface area contributed by atoms with Crippen molar-refractivity contribution in [3.63, 3.8) is 0 Å². The molecule has 0 saturated carbocycles. The van der Waals surface area contributed by atoms with Crippen LogP contribution in [-0.2, 0) is 21.1 Å². The van der Waals surface area contributed by atoms with Gasteiger partial charge >= 0.3 is 0 Å². The molecule has 0 radical (unpaired) electrons. The van der Waals surface area contributed by atoms with Gasteiger partial charge in [0.15, 0.2) is 15.9 Å². The summed E-state index contributed by atoms with van der Waals surface area (Å²) in [5.74, 6) is -0.110. The molecule has 0 spiro atoms. The highest BCUT2D eigenvalue weighted by molar-refractivity contribution is 7.90. The number of benzene rings is 3. The SMILES string of the molecule is CS(=O)(=O)c1cccc(C(=O)Nc2ccc(NC(=O)[C@@H]3Cc4ccccc4O3)cc2Cl)c1. The summed E-state index contributed by atoms with van der Waals surface area (Å²) in [5.41, 5.74) is 1.93. The Labute approximate surface area is 190 Å². The van der Waals surface area contributed by atoms with Crippen molar-refractivity contribution in [2.24, 2.45) is 0 Å². The first-order chi connectivity index (χ1) is 15.2. The molecule has 1 atom stereocenters. The van der Waals surface area contributed by atoms with Gasteiger partial charge < -0.3 is 15.4 Å². The van der Waals surface area contributed by atoms with Crippen molar-refractivity contribution >= 4 is 44.6 Å². The first kappa shape index (κ1) is 21.9. The molecule has 0 aromatic heterocycles. The fraction of sp³-hybridized carbons (Fsp3) is 0.130. The van der Waals surface area contributed by atoms with Crippen LogP contribution < -0.4 is 15.4 Å². The Morgan fingerprint density at radius 1 is 1.00 bits per heavy atom. The van der Waals surface area contributed by atoms with Crippen LogP contribution in [0, 0.1) is 0 Å². The Kier molecular flexibility index (Phi) is 5.90. The number of hydrogen-bond acceptors (Lipinski definition) is 5. The first-order valence-corrected chi connectivity index (χ1v) is 11.9. The van der Waals surface area contributed by atoms with Crippen molar-refractivity contribution in [2.45, 2.75) is 17.4 Å². The molecule has 0 saturated heterocycles. The molecule has 4 rings (SSSR count). The molecule has 32 heavy (non-hydrogen) atoms. The predicted molar refractivity (Wildman–Crippen MR) is 122 cm³/mol. The third-order valence-electron chi connectivity index (χ3n) is 4.95. The van der Waals surface area contributed by atoms with E-state index in [9.17, 15) is 18.0 Å². The number of ether oxygens (including phenoxy) is 1. The Morgan fingerprint density at radius 2 is 1.78 bits per heavy atom. The van der Waals surface area contributed by atoms with Crippen LogP contribution in [0.4, 0.5) is 11.4 Å². The lowest BCUT2D eigenvalue weighted by Crippen LogP contribution is -2.31. The molecule has 0 aliphatic carbocycles. The van der Waals surface area contributed by atoms with Gasteiger partial charge in [0.25, 0.3) is 11.8 Å². The van der Waals surface area contributed by atoms with E-state index in [-0.39, 0.29) is 21.4 Å². The summed E-state index contributed by atoms with van der Waals surface area (Å²) in [6.07, 6.45) is 0.923. The van der Waals surface area contributed by atoms with Gasteiger partial charge in [0.2, 0.25) is 0 Å². The average molecular weight is 471 g/mol. The number of amides is 2. The molecule has 1 aliphatic heterocycles. The zero-order chi connectivity index (χ0) is 22.9. The van der Waals surface area contributed by atoms with Gasteiger partial charge in [0.05, 0.1) is 15.6 Å². The van der Waals surface area contributed by atoms with Crippen molar-refractivity contribution in [1.29, 1.82) is 0 Å². The van der Waals surface area contributed by atoms with Crippen molar-refractivity contribution in [2.75, 3.05) is 16.9 Å². The van der Waals surface area contributed by atoms with E-state index in [4.69, 9.17) is 16.3 Å². The van der Waals surface area contributed by atoms with Crippen LogP contribution in [-0.4, -0.2) is 32.6 Å². The summed E-state index contributed by atoms with van der Waals surface area (Å²) in [6, 6.07) is 17.9. The number of nitrogens with one attached hydrogen (secondary N) is 2. The van der Waals surface area contributed by atoms with Crippen LogP contribution in [0.15, 0.2) is 71.6 Å². The van der Waals surface area contributed by atoms with Gasteiger partial charge in [0, 0.05) is 23.9 Å². The highest BCUT2D eigenvalue weighted by Gasteiger charge is 2.28. The fourth-order valence-corrected chi connectivity index (χ4v) is 4.20. The van der Waals surface area contributed by atoms with Gasteiger partial charge in [-0.05, 0) is 48.0 Å². The number of hydrogen-bond donors (Lipinski definition) is 2. The average Bonchev–Trinajstić information content (AvgIpc) is 3.19. The smallest absolute Gasteiger partial charge is 0.265 e. The lowest BCUT2D eigenvalue weighted by molar-refractivity contribution is -0.122. The van der Waals surface area contributed by atoms with Crippen molar-refractivity contribution in [3.8, 4) is 5.75 Å². The van der Waals surface area contributed by atoms with Crippen LogP contribution in [0.5, 0.6) is 5.75 Å². The number of carbonyl (C=O) groups excluding carboxylic acids is 2. The topological polar surface area (TPSA) is 102 Å². The second kappa shape index (κ2) is 8.64. The van der Waals surface area contributed by atoms with Gasteiger partial charge in [-0.2, -0.15) is 0 Å². The second-order valence-corrected chi connectivity index (χ2v) is 9.78. The second-order valence-electron chi connectivity index (χ2n) is 7.36. The lowest BCUT2D eigenvalue weighted by Gasteiger charge is -2.13. The third-order valence-corrected chi connectivity index (χ3v) is 6.37. The zero-order valence-corrected chi connectivity index (χ0v) is 18.5. The summed E-state index contributed by atoms with van der Waals surface area (Å²) in [5, 5.41) is 5.63. The molecular formula is C23H19ClN2O5S. The van der Waals surface area contributed by atoms with E-state index < -0.39 is 21.8 Å². The molecule has 3 aromatic rings. The number of rotatable bonds is 5. The number of para-hydroxylation sites is 1. The van der Waals surface area contributed by atoms with E-state index in [1.54, 1.807) is 12.1 Å². The summed E-state index contributed by atoms with van der Waals surface area (Å²) >= 11 is 6.29. The number of fused-ring (bicyclic) bond motifs is 1. The lowest BCUT2D eigenvalue weighted by atomic mass is 10.1. The predicted octanol–water partition coefficient (Wildman–Crippen LogP) is 3.94. The summed E-state index contributed by atoms with van der Waals surface area (Å²) in [7, 11) is -3.44. The van der Waals surface area contributed by atoms with Gasteiger partial charge in [-0.15, -0.1) is 0 Å². The van der Waals surface area contributed by atoms with E-state index >= 15 is 0 Å². The van der Waals surface area contributed by atoms with E-state index in [0.717, 1.165) is 11.8 Å². The number of sulfone groups is 1. The Bertz CT molecular complexity index is 1300. The van der Waals surface area contributed by atoms with Crippen LogP contribution in [0.25, 0.3) is 0 Å². The maximum Gasteiger partial charge on any atom is 0.265 e. The minimum atomic E-state index is -3.44. The number of anilines is 2. The minimum absolute atomic E-state index is 0.0468. The molecule has 0 unspecified atom stereocenters. The summed E-state index contributed by atoms with van der Waals surface area (Å²) in [4.78, 5) is 25.1. The minimum Gasteiger partial charge on any atom is -0.480 e. The van der Waals surface area contributed by atoms with Crippen molar-refractivity contribution in [1.82, 2.24) is 0 Å². The Hall–Kier alpha value is -3.36. The monoisotopic (exact) mass is 470 g/mol. The molecule has 0 bridgehead atoms. The Morgan fingerprint density at radius 3 is 2.50 bits per heavy atom. The molecule has 164 valence electrons. The molecule has 9 heteroatoms. The molecule has 1 heterocycles. The van der Waals surface area contributed by atoms with Gasteiger partial charge in [0.1, 0.15) is 5.75 Å². The van der Waals surface area contributed by atoms with E-state index in [1.165, 1.54) is 30.3 Å².